The monoisotopic (exact) mass is 305 g/mol. The second-order valence-corrected chi connectivity index (χ2v) is 4.33. The van der Waals surface area contributed by atoms with Crippen LogP contribution in [-0.4, -0.2) is 18.0 Å². The molecule has 0 bridgehead atoms. The molecule has 3 nitrogen and oxygen atoms in total. The molecule has 0 aliphatic heterocycles. The fraction of sp³-hybridized carbons (Fsp3) is 0.188. The van der Waals surface area contributed by atoms with Crippen molar-refractivity contribution in [2.75, 3.05) is 13.0 Å². The van der Waals surface area contributed by atoms with Gasteiger partial charge in [-0.2, -0.15) is 0 Å². The molecule has 0 spiro atoms. The third kappa shape index (κ3) is 4.11. The number of hydrogen-bond acceptors (Lipinski definition) is 3. The van der Waals surface area contributed by atoms with E-state index in [-0.39, 0.29) is 18.2 Å². The first-order valence-corrected chi connectivity index (χ1v) is 6.72. The predicted molar refractivity (Wildman–Crippen MR) is 79.1 cm³/mol. The smallest absolute Gasteiger partial charge is 0.171 e. The normalized spacial score (nSPS) is 9.67. The average molecular weight is 306 g/mol. The third-order valence-corrected chi connectivity index (χ3v) is 2.80. The molecule has 5 heteroatoms. The van der Waals surface area contributed by atoms with Crippen molar-refractivity contribution in [3.63, 3.8) is 0 Å². The summed E-state index contributed by atoms with van der Waals surface area (Å²) in [5, 5.41) is 0. The number of rotatable bonds is 4. The Labute approximate surface area is 127 Å². The quantitative estimate of drug-likeness (QED) is 0.641. The minimum absolute atomic E-state index is 0.0805. The van der Waals surface area contributed by atoms with E-state index < -0.39 is 5.82 Å². The maximum absolute atomic E-state index is 14.0. The SMILES string of the molecule is COc1cccc(COc2cncc(C#CCCl)c2)c1F. The average Bonchev–Trinajstić information content (AvgIpc) is 2.52. The first-order chi connectivity index (χ1) is 10.2. The summed E-state index contributed by atoms with van der Waals surface area (Å²) in [6, 6.07) is 6.64. The van der Waals surface area contributed by atoms with Gasteiger partial charge in [0.2, 0.25) is 0 Å². The van der Waals surface area contributed by atoms with Crippen LogP contribution in [-0.2, 0) is 6.61 Å². The summed E-state index contributed by atoms with van der Waals surface area (Å²) in [5.41, 5.74) is 1.10. The molecule has 1 aromatic carbocycles. The number of halogens is 2. The molecule has 0 radical (unpaired) electrons. The minimum Gasteiger partial charge on any atom is -0.494 e. The first kappa shape index (κ1) is 15.1. The number of aromatic nitrogens is 1. The Bertz CT molecular complexity index is 679. The second-order valence-electron chi connectivity index (χ2n) is 4.07. The number of hydrogen-bond donors (Lipinski definition) is 0. The summed E-state index contributed by atoms with van der Waals surface area (Å²) in [5.74, 6) is 6.11. The Hall–Kier alpha value is -2.25. The molecule has 21 heavy (non-hydrogen) atoms. The summed E-state index contributed by atoms with van der Waals surface area (Å²) in [7, 11) is 1.42. The molecule has 0 amide bonds. The molecule has 108 valence electrons. The molecule has 0 N–H and O–H groups in total. The Morgan fingerprint density at radius 3 is 2.95 bits per heavy atom. The van der Waals surface area contributed by atoms with Gasteiger partial charge in [0, 0.05) is 17.3 Å². The third-order valence-electron chi connectivity index (χ3n) is 2.67. The summed E-state index contributed by atoms with van der Waals surface area (Å²) < 4.78 is 24.4. The van der Waals surface area contributed by atoms with Crippen molar-refractivity contribution in [3.05, 3.63) is 53.6 Å². The molecule has 0 saturated heterocycles. The lowest BCUT2D eigenvalue weighted by atomic mass is 10.2. The van der Waals surface area contributed by atoms with E-state index in [0.29, 0.717) is 16.9 Å². The van der Waals surface area contributed by atoms with E-state index in [9.17, 15) is 4.39 Å². The van der Waals surface area contributed by atoms with Crippen molar-refractivity contribution in [2.45, 2.75) is 6.61 Å². The molecule has 0 aliphatic rings. The largest absolute Gasteiger partial charge is 0.494 e. The number of methoxy groups -OCH3 is 1. The summed E-state index contributed by atoms with van der Waals surface area (Å²) in [6.07, 6.45) is 3.16. The highest BCUT2D eigenvalue weighted by Crippen LogP contribution is 2.21. The molecule has 0 saturated carbocycles. The van der Waals surface area contributed by atoms with E-state index in [1.807, 2.05) is 0 Å². The number of alkyl halides is 1. The van der Waals surface area contributed by atoms with Gasteiger partial charge in [0.05, 0.1) is 19.2 Å². The fourth-order valence-corrected chi connectivity index (χ4v) is 1.75. The van der Waals surface area contributed by atoms with Crippen LogP contribution in [0.25, 0.3) is 0 Å². The zero-order valence-electron chi connectivity index (χ0n) is 11.4. The minimum atomic E-state index is -0.425. The number of benzene rings is 1. The van der Waals surface area contributed by atoms with Gasteiger partial charge >= 0.3 is 0 Å². The van der Waals surface area contributed by atoms with Crippen molar-refractivity contribution < 1.29 is 13.9 Å². The van der Waals surface area contributed by atoms with E-state index >= 15 is 0 Å². The van der Waals surface area contributed by atoms with Gasteiger partial charge in [-0.25, -0.2) is 4.39 Å². The van der Waals surface area contributed by atoms with Gasteiger partial charge in [-0.15, -0.1) is 11.6 Å². The highest BCUT2D eigenvalue weighted by atomic mass is 35.5. The van der Waals surface area contributed by atoms with Crippen LogP contribution in [0.5, 0.6) is 11.5 Å². The van der Waals surface area contributed by atoms with E-state index in [1.54, 1.807) is 36.7 Å². The molecule has 2 aromatic rings. The maximum Gasteiger partial charge on any atom is 0.171 e. The van der Waals surface area contributed by atoms with Crippen LogP contribution in [0, 0.1) is 17.7 Å². The number of nitrogens with zero attached hydrogens (tertiary/aromatic N) is 1. The topological polar surface area (TPSA) is 31.4 Å². The summed E-state index contributed by atoms with van der Waals surface area (Å²) in [4.78, 5) is 4.02. The molecule has 1 aromatic heterocycles. The molecular formula is C16H13ClFNO2. The van der Waals surface area contributed by atoms with E-state index in [0.717, 1.165) is 0 Å². The Balaban J connectivity index is 2.10. The van der Waals surface area contributed by atoms with Gasteiger partial charge < -0.3 is 9.47 Å². The van der Waals surface area contributed by atoms with Crippen LogP contribution in [0.4, 0.5) is 4.39 Å². The van der Waals surface area contributed by atoms with Crippen molar-refractivity contribution in [2.24, 2.45) is 0 Å². The van der Waals surface area contributed by atoms with Crippen LogP contribution in [0.15, 0.2) is 36.7 Å². The lowest BCUT2D eigenvalue weighted by Gasteiger charge is -2.09. The lowest BCUT2D eigenvalue weighted by molar-refractivity contribution is 0.294. The Morgan fingerprint density at radius 2 is 2.19 bits per heavy atom. The zero-order valence-corrected chi connectivity index (χ0v) is 12.2. The first-order valence-electron chi connectivity index (χ1n) is 6.18. The molecule has 1 heterocycles. The summed E-state index contributed by atoms with van der Waals surface area (Å²) in [6.45, 7) is 0.0805. The van der Waals surface area contributed by atoms with Gasteiger partial charge in [-0.05, 0) is 12.1 Å². The van der Waals surface area contributed by atoms with Gasteiger partial charge in [-0.1, -0.05) is 24.0 Å². The van der Waals surface area contributed by atoms with Crippen LogP contribution in [0.3, 0.4) is 0 Å². The van der Waals surface area contributed by atoms with Crippen molar-refractivity contribution in [1.29, 1.82) is 0 Å². The highest BCUT2D eigenvalue weighted by Gasteiger charge is 2.08. The Morgan fingerprint density at radius 1 is 1.33 bits per heavy atom. The molecule has 0 aliphatic carbocycles. The summed E-state index contributed by atoms with van der Waals surface area (Å²) >= 11 is 5.50. The van der Waals surface area contributed by atoms with E-state index in [4.69, 9.17) is 21.1 Å². The number of ether oxygens (including phenoxy) is 2. The molecule has 0 atom stereocenters. The van der Waals surface area contributed by atoms with E-state index in [1.165, 1.54) is 7.11 Å². The van der Waals surface area contributed by atoms with Gasteiger partial charge in [0.1, 0.15) is 12.4 Å². The predicted octanol–water partition coefficient (Wildman–Crippen LogP) is 3.40. The van der Waals surface area contributed by atoms with Crippen LogP contribution >= 0.6 is 11.6 Å². The van der Waals surface area contributed by atoms with Crippen LogP contribution in [0.2, 0.25) is 0 Å². The molecular weight excluding hydrogens is 293 g/mol. The number of pyridine rings is 1. The van der Waals surface area contributed by atoms with Crippen molar-refractivity contribution in [3.8, 4) is 23.3 Å². The van der Waals surface area contributed by atoms with E-state index in [2.05, 4.69) is 16.8 Å². The van der Waals surface area contributed by atoms with Gasteiger partial charge in [0.25, 0.3) is 0 Å². The van der Waals surface area contributed by atoms with Crippen molar-refractivity contribution in [1.82, 2.24) is 4.98 Å². The second kappa shape index (κ2) is 7.51. The standard InChI is InChI=1S/C16H13ClFNO2/c1-20-15-6-2-5-13(16(15)18)11-21-14-8-12(4-3-7-17)9-19-10-14/h2,5-6,8-10H,7,11H2,1H3. The molecule has 0 unspecified atom stereocenters. The van der Waals surface area contributed by atoms with Crippen LogP contribution < -0.4 is 9.47 Å². The van der Waals surface area contributed by atoms with Gasteiger partial charge in [-0.3, -0.25) is 4.98 Å². The molecule has 0 fully saturated rings. The fourth-order valence-electron chi connectivity index (χ4n) is 1.69. The maximum atomic E-state index is 14.0. The zero-order chi connectivity index (χ0) is 15.1. The van der Waals surface area contributed by atoms with Gasteiger partial charge in [0.15, 0.2) is 11.6 Å². The van der Waals surface area contributed by atoms with Crippen molar-refractivity contribution >= 4 is 11.6 Å². The highest BCUT2D eigenvalue weighted by molar-refractivity contribution is 6.19. The van der Waals surface area contributed by atoms with Crippen LogP contribution in [0.1, 0.15) is 11.1 Å². The lowest BCUT2D eigenvalue weighted by Crippen LogP contribution is -2.00. The Kier molecular flexibility index (Phi) is 5.42. The molecule has 2 rings (SSSR count).